The molecule has 1 unspecified atom stereocenters. The quantitative estimate of drug-likeness (QED) is 0.570. The molecular formula is C20H20N6O. The van der Waals surface area contributed by atoms with E-state index in [0.717, 1.165) is 27.8 Å². The summed E-state index contributed by atoms with van der Waals surface area (Å²) in [5.41, 5.74) is 2.86. The summed E-state index contributed by atoms with van der Waals surface area (Å²) in [7, 11) is 0. The van der Waals surface area contributed by atoms with Crippen molar-refractivity contribution in [3.05, 3.63) is 60.5 Å². The number of pyridine rings is 1. The molecule has 1 N–H and O–H groups in total. The largest absolute Gasteiger partial charge is 0.358 e. The van der Waals surface area contributed by atoms with E-state index < -0.39 is 0 Å². The minimum absolute atomic E-state index is 0.179. The van der Waals surface area contributed by atoms with Gasteiger partial charge < -0.3 is 9.84 Å². The first-order valence-electron chi connectivity index (χ1n) is 8.83. The van der Waals surface area contributed by atoms with Gasteiger partial charge in [0, 0.05) is 23.3 Å². The van der Waals surface area contributed by atoms with Crippen LogP contribution in [-0.2, 0) is 0 Å². The van der Waals surface area contributed by atoms with Gasteiger partial charge in [0.2, 0.25) is 11.7 Å². The van der Waals surface area contributed by atoms with E-state index in [0.29, 0.717) is 11.7 Å². The van der Waals surface area contributed by atoms with Gasteiger partial charge in [0.1, 0.15) is 18.2 Å². The second-order valence-corrected chi connectivity index (χ2v) is 6.81. The molecule has 0 radical (unpaired) electrons. The molecule has 7 nitrogen and oxygen atoms in total. The lowest BCUT2D eigenvalue weighted by molar-refractivity contribution is 0.336. The Morgan fingerprint density at radius 2 is 2.00 bits per heavy atom. The van der Waals surface area contributed by atoms with Crippen LogP contribution in [0.15, 0.2) is 53.6 Å². The van der Waals surface area contributed by atoms with E-state index in [9.17, 15) is 0 Å². The fraction of sp³-hybridized carbons (Fsp3) is 0.250. The number of hydrogen-bond acceptors (Lipinski definition) is 7. The summed E-state index contributed by atoms with van der Waals surface area (Å²) >= 11 is 0. The van der Waals surface area contributed by atoms with Crippen molar-refractivity contribution in [2.75, 3.05) is 5.32 Å². The standard InChI is InChI=1S/C20H20N6O/c1-12(2)17(20-25-18(26-27-20)14-5-4-8-21-10-14)24-19-15-9-13(3)6-7-16(15)22-11-23-19/h4-12,17H,1-3H3,(H,22,23,24). The average Bonchev–Trinajstić information content (AvgIpc) is 3.16. The summed E-state index contributed by atoms with van der Waals surface area (Å²) in [5.74, 6) is 2.00. The first-order chi connectivity index (χ1) is 13.1. The number of hydrogen-bond donors (Lipinski definition) is 1. The Hall–Kier alpha value is -3.35. The van der Waals surface area contributed by atoms with Gasteiger partial charge >= 0.3 is 0 Å². The van der Waals surface area contributed by atoms with Crippen molar-refractivity contribution in [2.24, 2.45) is 5.92 Å². The number of benzene rings is 1. The molecule has 1 atom stereocenters. The summed E-state index contributed by atoms with van der Waals surface area (Å²) in [6.07, 6.45) is 4.99. The van der Waals surface area contributed by atoms with Crippen LogP contribution >= 0.6 is 0 Å². The summed E-state index contributed by atoms with van der Waals surface area (Å²) in [4.78, 5) is 17.5. The molecule has 0 aliphatic carbocycles. The van der Waals surface area contributed by atoms with Gasteiger partial charge in [-0.1, -0.05) is 30.6 Å². The summed E-state index contributed by atoms with van der Waals surface area (Å²) in [6, 6.07) is 9.68. The summed E-state index contributed by atoms with van der Waals surface area (Å²) < 4.78 is 5.56. The molecule has 3 aromatic heterocycles. The predicted molar refractivity (Wildman–Crippen MR) is 103 cm³/mol. The number of aryl methyl sites for hydroxylation is 1. The van der Waals surface area contributed by atoms with E-state index >= 15 is 0 Å². The molecular weight excluding hydrogens is 340 g/mol. The monoisotopic (exact) mass is 360 g/mol. The molecule has 27 heavy (non-hydrogen) atoms. The van der Waals surface area contributed by atoms with E-state index in [2.05, 4.69) is 50.3 Å². The Morgan fingerprint density at radius 3 is 2.78 bits per heavy atom. The van der Waals surface area contributed by atoms with Crippen molar-refractivity contribution in [2.45, 2.75) is 26.8 Å². The summed E-state index contributed by atoms with van der Waals surface area (Å²) in [5, 5.41) is 8.54. The van der Waals surface area contributed by atoms with Gasteiger partial charge in [-0.25, -0.2) is 9.97 Å². The van der Waals surface area contributed by atoms with Crippen molar-refractivity contribution >= 4 is 16.7 Å². The second kappa shape index (κ2) is 7.11. The molecule has 136 valence electrons. The highest BCUT2D eigenvalue weighted by molar-refractivity contribution is 5.89. The lowest BCUT2D eigenvalue weighted by Crippen LogP contribution is -2.18. The Labute approximate surface area is 156 Å². The molecule has 3 heterocycles. The normalized spacial score (nSPS) is 12.4. The van der Waals surface area contributed by atoms with E-state index in [4.69, 9.17) is 4.52 Å². The van der Waals surface area contributed by atoms with E-state index in [-0.39, 0.29) is 12.0 Å². The zero-order chi connectivity index (χ0) is 18.8. The van der Waals surface area contributed by atoms with Gasteiger partial charge in [0.05, 0.1) is 5.52 Å². The highest BCUT2D eigenvalue weighted by Crippen LogP contribution is 2.29. The van der Waals surface area contributed by atoms with Crippen LogP contribution in [-0.4, -0.2) is 25.1 Å². The second-order valence-electron chi connectivity index (χ2n) is 6.81. The molecule has 1 aromatic carbocycles. The van der Waals surface area contributed by atoms with Crippen LogP contribution in [0.2, 0.25) is 0 Å². The van der Waals surface area contributed by atoms with Crippen LogP contribution in [0, 0.1) is 12.8 Å². The molecule has 0 aliphatic rings. The molecule has 0 bridgehead atoms. The molecule has 0 saturated carbocycles. The van der Waals surface area contributed by atoms with Gasteiger partial charge in [-0.05, 0) is 37.1 Å². The lowest BCUT2D eigenvalue weighted by Gasteiger charge is -2.20. The maximum atomic E-state index is 5.56. The molecule has 4 rings (SSSR count). The molecule has 0 aliphatic heterocycles. The first kappa shape index (κ1) is 17.1. The van der Waals surface area contributed by atoms with E-state index in [1.807, 2.05) is 31.2 Å². The maximum absolute atomic E-state index is 5.56. The molecule has 0 saturated heterocycles. The molecule has 0 amide bonds. The molecule has 7 heteroatoms. The highest BCUT2D eigenvalue weighted by atomic mass is 16.5. The third-order valence-electron chi connectivity index (χ3n) is 4.38. The Morgan fingerprint density at radius 1 is 1.11 bits per heavy atom. The predicted octanol–water partition coefficient (Wildman–Crippen LogP) is 4.19. The number of nitrogens with zero attached hydrogens (tertiary/aromatic N) is 5. The number of fused-ring (bicyclic) bond motifs is 1. The van der Waals surface area contributed by atoms with Crippen LogP contribution in [0.5, 0.6) is 0 Å². The van der Waals surface area contributed by atoms with Gasteiger partial charge in [-0.2, -0.15) is 4.98 Å². The van der Waals surface area contributed by atoms with Crippen molar-refractivity contribution < 1.29 is 4.52 Å². The van der Waals surface area contributed by atoms with E-state index in [1.165, 1.54) is 0 Å². The van der Waals surface area contributed by atoms with Gasteiger partial charge in [0.25, 0.3) is 0 Å². The Balaban J connectivity index is 1.69. The van der Waals surface area contributed by atoms with Gasteiger partial charge in [0.15, 0.2) is 0 Å². The SMILES string of the molecule is Cc1ccc2ncnc(NC(c3nc(-c4cccnc4)no3)C(C)C)c2c1. The topological polar surface area (TPSA) is 89.6 Å². The highest BCUT2D eigenvalue weighted by Gasteiger charge is 2.24. The average molecular weight is 360 g/mol. The number of rotatable bonds is 5. The lowest BCUT2D eigenvalue weighted by atomic mass is 10.0. The number of aromatic nitrogens is 5. The third-order valence-corrected chi connectivity index (χ3v) is 4.38. The smallest absolute Gasteiger partial charge is 0.249 e. The number of nitrogens with one attached hydrogen (secondary N) is 1. The van der Waals surface area contributed by atoms with Gasteiger partial charge in [-0.15, -0.1) is 0 Å². The summed E-state index contributed by atoms with van der Waals surface area (Å²) in [6.45, 7) is 6.24. The Bertz CT molecular complexity index is 1060. The molecule has 4 aromatic rings. The Kier molecular flexibility index (Phi) is 4.50. The van der Waals surface area contributed by atoms with Crippen molar-refractivity contribution in [1.82, 2.24) is 25.1 Å². The van der Waals surface area contributed by atoms with Crippen molar-refractivity contribution in [3.8, 4) is 11.4 Å². The third kappa shape index (κ3) is 3.48. The van der Waals surface area contributed by atoms with Crippen molar-refractivity contribution in [3.63, 3.8) is 0 Å². The zero-order valence-electron chi connectivity index (χ0n) is 15.4. The number of anilines is 1. The minimum Gasteiger partial charge on any atom is -0.358 e. The van der Waals surface area contributed by atoms with Crippen molar-refractivity contribution in [1.29, 1.82) is 0 Å². The first-order valence-corrected chi connectivity index (χ1v) is 8.83. The van der Waals surface area contributed by atoms with Crippen LogP contribution in [0.25, 0.3) is 22.3 Å². The van der Waals surface area contributed by atoms with Crippen LogP contribution in [0.3, 0.4) is 0 Å². The fourth-order valence-electron chi connectivity index (χ4n) is 2.92. The van der Waals surface area contributed by atoms with Crippen LogP contribution in [0.1, 0.15) is 31.3 Å². The molecule has 0 spiro atoms. The zero-order valence-corrected chi connectivity index (χ0v) is 15.4. The fourth-order valence-corrected chi connectivity index (χ4v) is 2.92. The van der Waals surface area contributed by atoms with Gasteiger partial charge in [-0.3, -0.25) is 4.98 Å². The van der Waals surface area contributed by atoms with E-state index in [1.54, 1.807) is 18.7 Å². The molecule has 0 fully saturated rings. The van der Waals surface area contributed by atoms with Crippen LogP contribution < -0.4 is 5.32 Å². The maximum Gasteiger partial charge on any atom is 0.249 e. The minimum atomic E-state index is -0.179. The van der Waals surface area contributed by atoms with Crippen LogP contribution in [0.4, 0.5) is 5.82 Å².